The first-order valence-electron chi connectivity index (χ1n) is 14.2. The first-order chi connectivity index (χ1) is 20.0. The normalized spacial score (nSPS) is 14.7. The average Bonchev–Trinajstić information content (AvgIpc) is 2.96. The minimum absolute atomic E-state index is 0.0436. The molecule has 1 fully saturated rings. The van der Waals surface area contributed by atoms with E-state index in [2.05, 4.69) is 5.32 Å². The Hall–Kier alpha value is -3.07. The number of carbonyl (C=O) groups excluding carboxylic acids is 2. The zero-order valence-corrected chi connectivity index (χ0v) is 26.5. The zero-order valence-electron chi connectivity index (χ0n) is 24.1. The number of nitrogens with zero attached hydrogens (tertiary/aromatic N) is 2. The van der Waals surface area contributed by atoms with Gasteiger partial charge in [0.15, 0.2) is 0 Å². The monoisotopic (exact) mass is 629 g/mol. The maximum atomic E-state index is 14.1. The van der Waals surface area contributed by atoms with Crippen LogP contribution in [0.2, 0.25) is 10.0 Å². The van der Waals surface area contributed by atoms with Crippen LogP contribution in [0.4, 0.5) is 5.69 Å². The van der Waals surface area contributed by atoms with Crippen molar-refractivity contribution in [2.75, 3.05) is 10.8 Å². The maximum absolute atomic E-state index is 14.1. The number of hydrogen-bond acceptors (Lipinski definition) is 4. The lowest BCUT2D eigenvalue weighted by molar-refractivity contribution is -0.139. The van der Waals surface area contributed by atoms with Crippen LogP contribution in [0, 0.1) is 13.8 Å². The highest BCUT2D eigenvalue weighted by Crippen LogP contribution is 2.29. The second kappa shape index (κ2) is 13.9. The smallest absolute Gasteiger partial charge is 0.264 e. The Kier molecular flexibility index (Phi) is 10.6. The number of hydrogen-bond donors (Lipinski definition) is 1. The summed E-state index contributed by atoms with van der Waals surface area (Å²) >= 11 is 12.6. The molecule has 0 aliphatic heterocycles. The molecule has 0 bridgehead atoms. The predicted molar refractivity (Wildman–Crippen MR) is 168 cm³/mol. The third kappa shape index (κ3) is 7.85. The fourth-order valence-electron chi connectivity index (χ4n) is 5.09. The van der Waals surface area contributed by atoms with Gasteiger partial charge in [0.2, 0.25) is 11.8 Å². The number of sulfonamides is 1. The van der Waals surface area contributed by atoms with Crippen molar-refractivity contribution in [3.8, 4) is 0 Å². The lowest BCUT2D eigenvalue weighted by Gasteiger charge is -2.33. The Morgan fingerprint density at radius 2 is 1.64 bits per heavy atom. The van der Waals surface area contributed by atoms with E-state index in [1.54, 1.807) is 49.4 Å². The minimum atomic E-state index is -4.17. The fourth-order valence-corrected chi connectivity index (χ4v) is 6.88. The molecule has 1 atom stereocenters. The van der Waals surface area contributed by atoms with Gasteiger partial charge in [-0.3, -0.25) is 13.9 Å². The van der Waals surface area contributed by atoms with Crippen LogP contribution in [0.15, 0.2) is 71.6 Å². The van der Waals surface area contributed by atoms with Gasteiger partial charge in [-0.15, -0.1) is 0 Å². The van der Waals surface area contributed by atoms with Gasteiger partial charge in [0, 0.05) is 22.6 Å². The Bertz CT molecular complexity index is 1520. The highest BCUT2D eigenvalue weighted by molar-refractivity contribution is 7.92. The van der Waals surface area contributed by atoms with Gasteiger partial charge in [-0.2, -0.15) is 0 Å². The molecule has 0 saturated heterocycles. The lowest BCUT2D eigenvalue weighted by atomic mass is 9.95. The van der Waals surface area contributed by atoms with Gasteiger partial charge in [-0.05, 0) is 81.1 Å². The van der Waals surface area contributed by atoms with E-state index in [-0.39, 0.29) is 29.1 Å². The van der Waals surface area contributed by atoms with E-state index in [0.717, 1.165) is 53.1 Å². The van der Waals surface area contributed by atoms with E-state index in [1.807, 2.05) is 19.9 Å². The van der Waals surface area contributed by atoms with Crippen molar-refractivity contribution in [1.29, 1.82) is 0 Å². The van der Waals surface area contributed by atoms with E-state index < -0.39 is 28.5 Å². The summed E-state index contributed by atoms with van der Waals surface area (Å²) in [6, 6.07) is 17.6. The van der Waals surface area contributed by atoms with E-state index in [0.29, 0.717) is 10.0 Å². The quantitative estimate of drug-likeness (QED) is 0.271. The first kappa shape index (κ1) is 31.9. The van der Waals surface area contributed by atoms with Crippen LogP contribution in [0.25, 0.3) is 0 Å². The van der Waals surface area contributed by atoms with Gasteiger partial charge < -0.3 is 10.2 Å². The summed E-state index contributed by atoms with van der Waals surface area (Å²) in [5.74, 6) is -0.808. The van der Waals surface area contributed by atoms with Crippen molar-refractivity contribution >= 4 is 50.7 Å². The molecule has 0 radical (unpaired) electrons. The minimum Gasteiger partial charge on any atom is -0.352 e. The first-order valence-corrected chi connectivity index (χ1v) is 16.3. The summed E-state index contributed by atoms with van der Waals surface area (Å²) in [7, 11) is -4.17. The maximum Gasteiger partial charge on any atom is 0.264 e. The molecule has 224 valence electrons. The van der Waals surface area contributed by atoms with E-state index in [1.165, 1.54) is 23.1 Å². The molecule has 1 aliphatic carbocycles. The van der Waals surface area contributed by atoms with E-state index in [9.17, 15) is 18.0 Å². The Balaban J connectivity index is 1.69. The van der Waals surface area contributed by atoms with Crippen molar-refractivity contribution in [3.63, 3.8) is 0 Å². The molecule has 1 saturated carbocycles. The number of aryl methyl sites for hydroxylation is 2. The summed E-state index contributed by atoms with van der Waals surface area (Å²) in [5.41, 5.74) is 2.65. The van der Waals surface area contributed by atoms with Crippen LogP contribution < -0.4 is 9.62 Å². The largest absolute Gasteiger partial charge is 0.352 e. The number of nitrogens with one attached hydrogen (secondary N) is 1. The van der Waals surface area contributed by atoms with E-state index in [4.69, 9.17) is 23.2 Å². The van der Waals surface area contributed by atoms with Crippen LogP contribution in [0.5, 0.6) is 0 Å². The van der Waals surface area contributed by atoms with Gasteiger partial charge in [-0.1, -0.05) is 78.4 Å². The lowest BCUT2D eigenvalue weighted by Crippen LogP contribution is -2.53. The molecule has 7 nitrogen and oxygen atoms in total. The molecular formula is C32H37Cl2N3O4S. The highest BCUT2D eigenvalue weighted by atomic mass is 35.5. The highest BCUT2D eigenvalue weighted by Gasteiger charge is 2.33. The Morgan fingerprint density at radius 1 is 0.952 bits per heavy atom. The number of benzene rings is 3. The van der Waals surface area contributed by atoms with Gasteiger partial charge in [0.25, 0.3) is 10.0 Å². The Morgan fingerprint density at radius 3 is 2.29 bits per heavy atom. The summed E-state index contributed by atoms with van der Waals surface area (Å²) in [5, 5.41) is 3.98. The molecule has 1 aliphatic rings. The third-order valence-corrected chi connectivity index (χ3v) is 10.1. The summed E-state index contributed by atoms with van der Waals surface area (Å²) in [4.78, 5) is 29.0. The van der Waals surface area contributed by atoms with Crippen LogP contribution in [-0.2, 0) is 26.2 Å². The molecule has 2 amide bonds. The van der Waals surface area contributed by atoms with Crippen LogP contribution in [-0.4, -0.2) is 43.8 Å². The molecule has 3 aromatic rings. The van der Waals surface area contributed by atoms with Crippen molar-refractivity contribution < 1.29 is 18.0 Å². The van der Waals surface area contributed by atoms with Crippen LogP contribution in [0.1, 0.15) is 55.7 Å². The molecular weight excluding hydrogens is 593 g/mol. The molecule has 0 aromatic heterocycles. The molecule has 3 aromatic carbocycles. The molecule has 1 N–H and O–H groups in total. The number of carbonyl (C=O) groups is 2. The molecule has 4 rings (SSSR count). The summed E-state index contributed by atoms with van der Waals surface area (Å²) < 4.78 is 29.0. The fraction of sp³-hybridized carbons (Fsp3) is 0.375. The van der Waals surface area contributed by atoms with Gasteiger partial charge >= 0.3 is 0 Å². The van der Waals surface area contributed by atoms with Crippen LogP contribution in [0.3, 0.4) is 0 Å². The zero-order chi connectivity index (χ0) is 30.4. The molecule has 0 heterocycles. The van der Waals surface area contributed by atoms with Crippen LogP contribution >= 0.6 is 23.2 Å². The third-order valence-electron chi connectivity index (χ3n) is 7.69. The standard InChI is InChI=1S/C32H37Cl2N3O4S/c1-22-12-16-29(17-13-22)42(40,41)37(28-15-14-23(2)30(34)19-28)21-31(38)36(20-25-8-7-9-26(33)18-25)24(3)32(39)35-27-10-5-4-6-11-27/h7-9,12-19,24,27H,4-6,10-11,20-21H2,1-3H3,(H,35,39)/t24-/m0/s1. The second-order valence-corrected chi connectivity index (χ2v) is 13.6. The van der Waals surface area contributed by atoms with Gasteiger partial charge in [0.05, 0.1) is 10.6 Å². The molecule has 10 heteroatoms. The predicted octanol–water partition coefficient (Wildman–Crippen LogP) is 6.67. The SMILES string of the molecule is Cc1ccc(S(=O)(=O)N(CC(=O)N(Cc2cccc(Cl)c2)[C@@H](C)C(=O)NC2CCCCC2)c2ccc(C)c(Cl)c2)cc1. The number of halogens is 2. The van der Waals surface area contributed by atoms with Crippen molar-refractivity contribution in [2.24, 2.45) is 0 Å². The topological polar surface area (TPSA) is 86.8 Å². The number of anilines is 1. The average molecular weight is 631 g/mol. The second-order valence-electron chi connectivity index (χ2n) is 10.9. The molecule has 0 spiro atoms. The van der Waals surface area contributed by atoms with Gasteiger partial charge in [0.1, 0.15) is 12.6 Å². The number of rotatable bonds is 10. The van der Waals surface area contributed by atoms with Crippen molar-refractivity contribution in [2.45, 2.75) is 76.4 Å². The summed E-state index contributed by atoms with van der Waals surface area (Å²) in [6.07, 6.45) is 5.05. The van der Waals surface area contributed by atoms with Gasteiger partial charge in [-0.25, -0.2) is 8.42 Å². The Labute approximate surface area is 258 Å². The van der Waals surface area contributed by atoms with Crippen molar-refractivity contribution in [1.82, 2.24) is 10.2 Å². The molecule has 42 heavy (non-hydrogen) atoms. The summed E-state index contributed by atoms with van der Waals surface area (Å²) in [6.45, 7) is 4.89. The van der Waals surface area contributed by atoms with Crippen molar-refractivity contribution in [3.05, 3.63) is 93.5 Å². The number of amides is 2. The molecule has 0 unspecified atom stereocenters. The van der Waals surface area contributed by atoms with E-state index >= 15 is 0 Å².